The third kappa shape index (κ3) is 10.7. The molecule has 0 saturated carbocycles. The maximum absolute atomic E-state index is 11.2. The molecular weight excluding hydrogens is 412 g/mol. The van der Waals surface area contributed by atoms with E-state index in [0.29, 0.717) is 0 Å². The molecule has 0 aliphatic heterocycles. The van der Waals surface area contributed by atoms with Crippen molar-refractivity contribution in [3.63, 3.8) is 0 Å². The van der Waals surface area contributed by atoms with Gasteiger partial charge in [-0.05, 0) is 66.5 Å². The lowest BCUT2D eigenvalue weighted by atomic mass is 9.95. The molecule has 0 N–H and O–H groups in total. The smallest absolute Gasteiger partial charge is 0.330 e. The van der Waals surface area contributed by atoms with Crippen LogP contribution in [0.3, 0.4) is 0 Å². The maximum atomic E-state index is 11.2. The van der Waals surface area contributed by atoms with E-state index in [2.05, 4.69) is 60.6 Å². The molecule has 0 saturated heterocycles. The van der Waals surface area contributed by atoms with Gasteiger partial charge in [0.05, 0.1) is 18.8 Å². The van der Waals surface area contributed by atoms with Crippen molar-refractivity contribution < 1.29 is 18.7 Å². The van der Waals surface area contributed by atoms with Gasteiger partial charge >= 0.3 is 5.97 Å². The molecule has 0 aliphatic rings. The number of carbonyl (C=O) groups excluding carboxylic acids is 1. The SMILES string of the molecule is COC(=O)/C=C(\C)CC/C=C(\C)CCC(O[Si](C)(C)CBr)C(C)(C)OC. The molecule has 0 fully saturated rings. The minimum atomic E-state index is -1.73. The topological polar surface area (TPSA) is 44.8 Å². The van der Waals surface area contributed by atoms with Crippen LogP contribution in [-0.4, -0.2) is 45.2 Å². The van der Waals surface area contributed by atoms with E-state index in [4.69, 9.17) is 9.16 Å². The summed E-state index contributed by atoms with van der Waals surface area (Å²) in [7, 11) is 1.41. The number of hydrogen-bond acceptors (Lipinski definition) is 4. The van der Waals surface area contributed by atoms with Crippen molar-refractivity contribution in [1.29, 1.82) is 0 Å². The molecule has 4 nitrogen and oxygen atoms in total. The molecular formula is C20H37BrO4Si. The van der Waals surface area contributed by atoms with E-state index >= 15 is 0 Å². The van der Waals surface area contributed by atoms with Gasteiger partial charge in [0.2, 0.25) is 0 Å². The van der Waals surface area contributed by atoms with Gasteiger partial charge in [-0.15, -0.1) is 0 Å². The predicted octanol–water partition coefficient (Wildman–Crippen LogP) is 5.56. The van der Waals surface area contributed by atoms with Crippen LogP contribution in [0.1, 0.15) is 53.4 Å². The lowest BCUT2D eigenvalue weighted by Crippen LogP contribution is -2.48. The molecule has 1 atom stereocenters. The summed E-state index contributed by atoms with van der Waals surface area (Å²) in [4.78, 5) is 12.1. The normalized spacial score (nSPS) is 15.1. The lowest BCUT2D eigenvalue weighted by Gasteiger charge is -2.38. The van der Waals surface area contributed by atoms with E-state index in [1.165, 1.54) is 12.7 Å². The standard InChI is InChI=1S/C20H37BrO4Si/c1-16(10-9-11-17(2)14-19(22)23-5)12-13-18(20(3,4)24-6)25-26(7,8)15-21/h10,14,18H,9,11-13,15H2,1-8H3/b16-10+,17-14+. The second kappa shape index (κ2) is 12.1. The molecule has 0 amide bonds. The van der Waals surface area contributed by atoms with Crippen LogP contribution in [0.15, 0.2) is 23.3 Å². The summed E-state index contributed by atoms with van der Waals surface area (Å²) in [6, 6.07) is 0. The van der Waals surface area contributed by atoms with Crippen LogP contribution in [0.2, 0.25) is 13.1 Å². The first-order valence-corrected chi connectivity index (χ1v) is 13.4. The number of esters is 1. The number of rotatable bonds is 12. The minimum Gasteiger partial charge on any atom is -0.466 e. The highest BCUT2D eigenvalue weighted by Gasteiger charge is 2.35. The minimum absolute atomic E-state index is 0.0658. The molecule has 0 bridgehead atoms. The molecule has 0 aromatic carbocycles. The van der Waals surface area contributed by atoms with Crippen LogP contribution in [0.4, 0.5) is 0 Å². The Morgan fingerprint density at radius 1 is 1.15 bits per heavy atom. The van der Waals surface area contributed by atoms with Crippen LogP contribution in [-0.2, 0) is 18.7 Å². The summed E-state index contributed by atoms with van der Waals surface area (Å²) in [5, 5.41) is 0. The predicted molar refractivity (Wildman–Crippen MR) is 115 cm³/mol. The van der Waals surface area contributed by atoms with Crippen LogP contribution >= 0.6 is 15.9 Å². The molecule has 0 aliphatic carbocycles. The highest BCUT2D eigenvalue weighted by atomic mass is 79.9. The molecule has 0 aromatic heterocycles. The van der Waals surface area contributed by atoms with Gasteiger partial charge in [0.1, 0.15) is 0 Å². The maximum Gasteiger partial charge on any atom is 0.330 e. The number of carbonyl (C=O) groups is 1. The lowest BCUT2D eigenvalue weighted by molar-refractivity contribution is -0.134. The molecule has 6 heteroatoms. The Kier molecular flexibility index (Phi) is 11.9. The van der Waals surface area contributed by atoms with E-state index < -0.39 is 8.32 Å². The van der Waals surface area contributed by atoms with Crippen LogP contribution in [0, 0.1) is 0 Å². The quantitative estimate of drug-likeness (QED) is 0.129. The second-order valence-corrected chi connectivity index (χ2v) is 13.7. The third-order valence-corrected chi connectivity index (χ3v) is 10.1. The number of methoxy groups -OCH3 is 2. The van der Waals surface area contributed by atoms with Crippen molar-refractivity contribution in [3.8, 4) is 0 Å². The monoisotopic (exact) mass is 448 g/mol. The summed E-state index contributed by atoms with van der Waals surface area (Å²) in [5.74, 6) is -0.288. The second-order valence-electron chi connectivity index (χ2n) is 7.95. The van der Waals surface area contributed by atoms with E-state index in [0.717, 1.165) is 36.2 Å². The van der Waals surface area contributed by atoms with Gasteiger partial charge in [-0.2, -0.15) is 0 Å². The van der Waals surface area contributed by atoms with Crippen molar-refractivity contribution in [2.45, 2.75) is 78.2 Å². The van der Waals surface area contributed by atoms with Gasteiger partial charge in [0, 0.05) is 18.1 Å². The van der Waals surface area contributed by atoms with E-state index in [-0.39, 0.29) is 17.7 Å². The number of halogens is 1. The summed E-state index contributed by atoms with van der Waals surface area (Å²) in [6.45, 7) is 12.7. The number of hydrogen-bond donors (Lipinski definition) is 0. The summed E-state index contributed by atoms with van der Waals surface area (Å²) in [6.07, 6.45) is 7.56. The fourth-order valence-corrected chi connectivity index (χ4v) is 4.07. The van der Waals surface area contributed by atoms with Crippen molar-refractivity contribution in [2.24, 2.45) is 0 Å². The Morgan fingerprint density at radius 2 is 1.77 bits per heavy atom. The molecule has 0 aromatic rings. The highest BCUT2D eigenvalue weighted by Crippen LogP contribution is 2.27. The summed E-state index contributed by atoms with van der Waals surface area (Å²) in [5.41, 5.74) is 2.06. The third-order valence-electron chi connectivity index (χ3n) is 4.48. The first-order valence-electron chi connectivity index (χ1n) is 9.17. The zero-order valence-electron chi connectivity index (χ0n) is 17.8. The van der Waals surface area contributed by atoms with Gasteiger partial charge in [-0.3, -0.25) is 0 Å². The Balaban J connectivity index is 4.71. The Hall–Kier alpha value is -0.433. The van der Waals surface area contributed by atoms with Crippen LogP contribution < -0.4 is 0 Å². The Labute approximate surface area is 169 Å². The Morgan fingerprint density at radius 3 is 2.27 bits per heavy atom. The zero-order valence-corrected chi connectivity index (χ0v) is 20.4. The van der Waals surface area contributed by atoms with Crippen molar-refractivity contribution in [3.05, 3.63) is 23.3 Å². The molecule has 26 heavy (non-hydrogen) atoms. The summed E-state index contributed by atoms with van der Waals surface area (Å²) >= 11 is 3.58. The molecule has 152 valence electrons. The number of ether oxygens (including phenoxy) is 2. The van der Waals surface area contributed by atoms with E-state index in [1.807, 2.05) is 6.92 Å². The number of allylic oxidation sites excluding steroid dienone is 3. The van der Waals surface area contributed by atoms with E-state index in [9.17, 15) is 4.79 Å². The van der Waals surface area contributed by atoms with Crippen LogP contribution in [0.25, 0.3) is 0 Å². The van der Waals surface area contributed by atoms with Gasteiger partial charge in [0.25, 0.3) is 0 Å². The van der Waals surface area contributed by atoms with Crippen molar-refractivity contribution >= 4 is 30.2 Å². The molecule has 0 spiro atoms. The average Bonchev–Trinajstić information content (AvgIpc) is 2.58. The van der Waals surface area contributed by atoms with E-state index in [1.54, 1.807) is 13.2 Å². The molecule has 1 unspecified atom stereocenters. The highest BCUT2D eigenvalue weighted by molar-refractivity contribution is 9.09. The fourth-order valence-electron chi connectivity index (χ4n) is 2.44. The van der Waals surface area contributed by atoms with Gasteiger partial charge in [0.15, 0.2) is 8.32 Å². The first kappa shape index (κ1) is 25.6. The fraction of sp³-hybridized carbons (Fsp3) is 0.750. The van der Waals surface area contributed by atoms with Crippen molar-refractivity contribution in [1.82, 2.24) is 0 Å². The number of alkyl halides is 1. The van der Waals surface area contributed by atoms with Gasteiger partial charge in [-0.1, -0.05) is 33.2 Å². The average molecular weight is 450 g/mol. The largest absolute Gasteiger partial charge is 0.466 e. The van der Waals surface area contributed by atoms with Crippen molar-refractivity contribution in [2.75, 3.05) is 19.2 Å². The van der Waals surface area contributed by atoms with Crippen LogP contribution in [0.5, 0.6) is 0 Å². The Bertz CT molecular complexity index is 498. The molecule has 0 heterocycles. The van der Waals surface area contributed by atoms with Gasteiger partial charge in [-0.25, -0.2) is 4.79 Å². The zero-order chi connectivity index (χ0) is 20.4. The molecule has 0 radical (unpaired) electrons. The molecule has 0 rings (SSSR count). The van der Waals surface area contributed by atoms with Gasteiger partial charge < -0.3 is 13.9 Å². The summed E-state index contributed by atoms with van der Waals surface area (Å²) < 4.78 is 16.8. The first-order chi connectivity index (χ1) is 12.0.